The number of allylic oxidation sites excluding steroid dienone is 2. The number of hydrogen-bond donors (Lipinski definition) is 1. The highest BCUT2D eigenvalue weighted by Gasteiger charge is 2.38. The monoisotopic (exact) mass is 381 g/mol. The highest BCUT2D eigenvalue weighted by Crippen LogP contribution is 2.40. The molecule has 1 fully saturated rings. The molecule has 1 atom stereocenters. The number of unbranched alkanes of at least 4 members (excludes halogenated alkanes) is 4. The molecule has 0 amide bonds. The van der Waals surface area contributed by atoms with Crippen molar-refractivity contribution in [1.29, 1.82) is 5.26 Å². The molecule has 1 saturated carbocycles. The molecule has 0 aliphatic heterocycles. The summed E-state index contributed by atoms with van der Waals surface area (Å²) in [5.74, 6) is 0.652. The number of Topliss-reactive ketones (excluding diaryl/α,β-unsaturated/α-hetero) is 1. The number of rotatable bonds is 11. The lowest BCUT2D eigenvalue weighted by Gasteiger charge is -2.34. The zero-order valence-electron chi connectivity index (χ0n) is 17.4. The first kappa shape index (κ1) is 22.2. The summed E-state index contributed by atoms with van der Waals surface area (Å²) in [5, 5.41) is 19.4. The van der Waals surface area contributed by atoms with E-state index in [2.05, 4.69) is 25.1 Å². The number of hydrogen-bond acceptors (Lipinski definition) is 3. The third-order valence-corrected chi connectivity index (χ3v) is 5.92. The standard InChI is InChI=1S/C25H35NO2/c1-2-3-4-5-15-23(27)20-25(17-10-8-16-24(25)28)19-22-14-7-6-12-21(22)13-9-11-18-26/h6-7,12,14,20,27H,2-5,8-11,13,15-17,19H2,1H3/b23-20+/t25-/m1/s1. The number of aliphatic hydroxyl groups excluding tert-OH is 1. The van der Waals surface area contributed by atoms with Crippen LogP contribution >= 0.6 is 0 Å². The van der Waals surface area contributed by atoms with Crippen molar-refractivity contribution < 1.29 is 9.90 Å². The summed E-state index contributed by atoms with van der Waals surface area (Å²) < 4.78 is 0. The number of ketones is 1. The minimum absolute atomic E-state index is 0.269. The fraction of sp³-hybridized carbons (Fsp3) is 0.600. The first-order valence-electron chi connectivity index (χ1n) is 11.0. The molecular formula is C25H35NO2. The van der Waals surface area contributed by atoms with Gasteiger partial charge in [-0.05, 0) is 55.7 Å². The quantitative estimate of drug-likeness (QED) is 0.346. The second-order valence-corrected chi connectivity index (χ2v) is 8.19. The zero-order chi connectivity index (χ0) is 20.2. The van der Waals surface area contributed by atoms with Crippen LogP contribution in [-0.2, 0) is 17.6 Å². The Bertz CT molecular complexity index is 701. The maximum absolute atomic E-state index is 13.0. The smallest absolute Gasteiger partial charge is 0.143 e. The van der Waals surface area contributed by atoms with Crippen molar-refractivity contribution in [3.63, 3.8) is 0 Å². The normalized spacial score (nSPS) is 20.1. The SMILES string of the molecule is CCCCCC/C(O)=C\[C@]1(Cc2ccccc2CCCC#N)CCCCC1=O. The number of carbonyl (C=O) groups is 1. The van der Waals surface area contributed by atoms with Gasteiger partial charge >= 0.3 is 0 Å². The topological polar surface area (TPSA) is 61.1 Å². The number of aryl methyl sites for hydroxylation is 1. The maximum atomic E-state index is 13.0. The first-order valence-corrected chi connectivity index (χ1v) is 11.0. The van der Waals surface area contributed by atoms with Gasteiger partial charge in [-0.3, -0.25) is 4.79 Å². The van der Waals surface area contributed by atoms with Crippen LogP contribution in [0.5, 0.6) is 0 Å². The molecule has 1 aromatic rings. The lowest BCUT2D eigenvalue weighted by atomic mass is 9.68. The molecule has 152 valence electrons. The molecule has 1 aliphatic carbocycles. The van der Waals surface area contributed by atoms with Gasteiger partial charge in [0.05, 0.1) is 17.2 Å². The van der Waals surface area contributed by atoms with Crippen LogP contribution in [0.4, 0.5) is 0 Å². The van der Waals surface area contributed by atoms with Crippen molar-refractivity contribution in [1.82, 2.24) is 0 Å². The van der Waals surface area contributed by atoms with Gasteiger partial charge in [0.1, 0.15) is 5.78 Å². The van der Waals surface area contributed by atoms with Gasteiger partial charge in [-0.2, -0.15) is 5.26 Å². The predicted molar refractivity (Wildman–Crippen MR) is 114 cm³/mol. The molecule has 0 saturated heterocycles. The summed E-state index contributed by atoms with van der Waals surface area (Å²) in [4.78, 5) is 13.0. The van der Waals surface area contributed by atoms with Crippen LogP contribution in [-0.4, -0.2) is 10.9 Å². The Balaban J connectivity index is 2.20. The van der Waals surface area contributed by atoms with Gasteiger partial charge in [0.2, 0.25) is 0 Å². The number of nitriles is 1. The van der Waals surface area contributed by atoms with E-state index in [0.29, 0.717) is 31.4 Å². The van der Waals surface area contributed by atoms with Crippen LogP contribution in [0, 0.1) is 16.7 Å². The second-order valence-electron chi connectivity index (χ2n) is 8.19. The third kappa shape index (κ3) is 6.51. The van der Waals surface area contributed by atoms with Crippen molar-refractivity contribution in [3.05, 3.63) is 47.2 Å². The minimum Gasteiger partial charge on any atom is -0.513 e. The summed E-state index contributed by atoms with van der Waals surface area (Å²) >= 11 is 0. The van der Waals surface area contributed by atoms with E-state index in [4.69, 9.17) is 5.26 Å². The van der Waals surface area contributed by atoms with E-state index >= 15 is 0 Å². The molecule has 1 aromatic carbocycles. The molecule has 1 aliphatic rings. The Morgan fingerprint density at radius 1 is 1.18 bits per heavy atom. The average molecular weight is 382 g/mol. The molecule has 1 N–H and O–H groups in total. The van der Waals surface area contributed by atoms with E-state index in [9.17, 15) is 9.90 Å². The van der Waals surface area contributed by atoms with Crippen LogP contribution in [0.1, 0.15) is 88.7 Å². The largest absolute Gasteiger partial charge is 0.513 e. The number of benzene rings is 1. The number of nitrogens with zero attached hydrogens (tertiary/aromatic N) is 1. The predicted octanol–water partition coefficient (Wildman–Crippen LogP) is 6.62. The van der Waals surface area contributed by atoms with Crippen LogP contribution in [0.2, 0.25) is 0 Å². The van der Waals surface area contributed by atoms with Crippen molar-refractivity contribution >= 4 is 5.78 Å². The van der Waals surface area contributed by atoms with E-state index in [1.165, 1.54) is 24.0 Å². The van der Waals surface area contributed by atoms with E-state index < -0.39 is 5.41 Å². The fourth-order valence-electron chi connectivity index (χ4n) is 4.30. The molecule has 3 heteroatoms. The van der Waals surface area contributed by atoms with Gasteiger partial charge in [0.15, 0.2) is 0 Å². The molecule has 0 radical (unpaired) electrons. The second kappa shape index (κ2) is 11.7. The summed E-state index contributed by atoms with van der Waals surface area (Å²) in [6.07, 6.45) is 13.3. The number of carbonyl (C=O) groups excluding carboxylic acids is 1. The van der Waals surface area contributed by atoms with Crippen molar-refractivity contribution in [2.24, 2.45) is 5.41 Å². The van der Waals surface area contributed by atoms with Gasteiger partial charge in [-0.1, -0.05) is 56.9 Å². The number of aliphatic hydroxyl groups is 1. The van der Waals surface area contributed by atoms with E-state index in [-0.39, 0.29) is 5.78 Å². The molecule has 0 aromatic heterocycles. The first-order chi connectivity index (χ1) is 13.6. The summed E-state index contributed by atoms with van der Waals surface area (Å²) in [5.41, 5.74) is 1.84. The Morgan fingerprint density at radius 3 is 2.68 bits per heavy atom. The Morgan fingerprint density at radius 2 is 1.96 bits per heavy atom. The lowest BCUT2D eigenvalue weighted by molar-refractivity contribution is -0.128. The van der Waals surface area contributed by atoms with Crippen LogP contribution < -0.4 is 0 Å². The van der Waals surface area contributed by atoms with Gasteiger partial charge in [-0.25, -0.2) is 0 Å². The van der Waals surface area contributed by atoms with E-state index in [0.717, 1.165) is 44.9 Å². The maximum Gasteiger partial charge on any atom is 0.143 e. The van der Waals surface area contributed by atoms with Crippen molar-refractivity contribution in [2.45, 2.75) is 90.4 Å². The Labute approximate surface area is 170 Å². The van der Waals surface area contributed by atoms with Crippen LogP contribution in [0.3, 0.4) is 0 Å². The van der Waals surface area contributed by atoms with Crippen LogP contribution in [0.15, 0.2) is 36.1 Å². The highest BCUT2D eigenvalue weighted by molar-refractivity contribution is 5.87. The Hall–Kier alpha value is -2.08. The van der Waals surface area contributed by atoms with E-state index in [1.54, 1.807) is 0 Å². The molecule has 0 heterocycles. The summed E-state index contributed by atoms with van der Waals surface area (Å²) in [6.45, 7) is 2.18. The van der Waals surface area contributed by atoms with Crippen LogP contribution in [0.25, 0.3) is 0 Å². The van der Waals surface area contributed by atoms with Gasteiger partial charge in [0, 0.05) is 19.3 Å². The minimum atomic E-state index is -0.571. The van der Waals surface area contributed by atoms with E-state index in [1.807, 2.05) is 18.2 Å². The van der Waals surface area contributed by atoms with Gasteiger partial charge < -0.3 is 5.11 Å². The summed E-state index contributed by atoms with van der Waals surface area (Å²) in [6, 6.07) is 10.5. The summed E-state index contributed by atoms with van der Waals surface area (Å²) in [7, 11) is 0. The lowest BCUT2D eigenvalue weighted by Crippen LogP contribution is -2.35. The third-order valence-electron chi connectivity index (χ3n) is 5.92. The molecule has 3 nitrogen and oxygen atoms in total. The van der Waals surface area contributed by atoms with Gasteiger partial charge in [0.25, 0.3) is 0 Å². The molecular weight excluding hydrogens is 346 g/mol. The molecule has 0 spiro atoms. The molecule has 2 rings (SSSR count). The van der Waals surface area contributed by atoms with Gasteiger partial charge in [-0.15, -0.1) is 0 Å². The molecule has 0 bridgehead atoms. The molecule has 28 heavy (non-hydrogen) atoms. The Kier molecular flexibility index (Phi) is 9.28. The van der Waals surface area contributed by atoms with Crippen molar-refractivity contribution in [2.75, 3.05) is 0 Å². The molecule has 0 unspecified atom stereocenters. The zero-order valence-corrected chi connectivity index (χ0v) is 17.4. The highest BCUT2D eigenvalue weighted by atomic mass is 16.3. The fourth-order valence-corrected chi connectivity index (χ4v) is 4.30. The average Bonchev–Trinajstić information content (AvgIpc) is 2.69. The van der Waals surface area contributed by atoms with Crippen molar-refractivity contribution in [3.8, 4) is 6.07 Å².